The summed E-state index contributed by atoms with van der Waals surface area (Å²) >= 11 is 0. The third-order valence-electron chi connectivity index (χ3n) is 9.31. The van der Waals surface area contributed by atoms with Crippen LogP contribution in [0.25, 0.3) is 0 Å². The molecule has 0 unspecified atom stereocenters. The van der Waals surface area contributed by atoms with Crippen molar-refractivity contribution < 1.29 is 39.1 Å². The summed E-state index contributed by atoms with van der Waals surface area (Å²) < 4.78 is 15.9. The van der Waals surface area contributed by atoms with Gasteiger partial charge < -0.3 is 29.5 Å². The molecule has 1 aliphatic rings. The molecule has 1 aliphatic heterocycles. The molecule has 0 saturated carbocycles. The lowest BCUT2D eigenvalue weighted by Crippen LogP contribution is -2.60. The quantitative estimate of drug-likeness (QED) is 0.0500. The van der Waals surface area contributed by atoms with Crippen LogP contribution in [0.3, 0.4) is 0 Å². The van der Waals surface area contributed by atoms with E-state index in [1.165, 1.54) is 122 Å². The molecule has 1 rings (SSSR count). The maximum Gasteiger partial charge on any atom is 0.306 e. The number of unbranched alkanes of at least 4 members (excludes halogenated alkanes) is 24. The van der Waals surface area contributed by atoms with Crippen LogP contribution in [0.5, 0.6) is 0 Å². The van der Waals surface area contributed by atoms with Gasteiger partial charge in [-0.15, -0.1) is 0 Å². The lowest BCUT2D eigenvalue weighted by molar-refractivity contribution is -0.291. The van der Waals surface area contributed by atoms with E-state index in [0.29, 0.717) is 6.42 Å². The molecule has 1 saturated heterocycles. The minimum atomic E-state index is -1.61. The number of aliphatic hydroxyl groups is 3. The molecule has 8 heteroatoms. The number of rotatable bonds is 31. The first kappa shape index (κ1) is 42.8. The number of carbonyl (C=O) groups is 2. The number of aliphatic hydroxyl groups excluding tert-OH is 3. The third-order valence-corrected chi connectivity index (χ3v) is 9.31. The van der Waals surface area contributed by atoms with Crippen LogP contribution in [0.1, 0.15) is 194 Å². The van der Waals surface area contributed by atoms with Crippen LogP contribution in [-0.4, -0.2) is 64.6 Å². The predicted molar refractivity (Wildman–Crippen MR) is 184 cm³/mol. The highest BCUT2D eigenvalue weighted by Crippen LogP contribution is 2.24. The van der Waals surface area contributed by atoms with Crippen molar-refractivity contribution in [3.8, 4) is 0 Å². The first-order valence-electron chi connectivity index (χ1n) is 19.4. The summed E-state index contributed by atoms with van der Waals surface area (Å²) in [5.41, 5.74) is 0. The van der Waals surface area contributed by atoms with Gasteiger partial charge in [-0.25, -0.2) is 0 Å². The highest BCUT2D eigenvalue weighted by molar-refractivity contribution is 5.69. The van der Waals surface area contributed by atoms with Crippen molar-refractivity contribution in [2.75, 3.05) is 6.61 Å². The molecule has 0 aromatic rings. The minimum absolute atomic E-state index is 0.185. The topological polar surface area (TPSA) is 123 Å². The molecule has 46 heavy (non-hydrogen) atoms. The highest BCUT2D eigenvalue weighted by Gasteiger charge is 2.46. The van der Waals surface area contributed by atoms with Crippen molar-refractivity contribution >= 4 is 11.9 Å². The van der Waals surface area contributed by atoms with Crippen molar-refractivity contribution in [1.82, 2.24) is 0 Å². The van der Waals surface area contributed by atoms with E-state index in [-0.39, 0.29) is 19.4 Å². The Labute approximate surface area is 281 Å². The van der Waals surface area contributed by atoms with Crippen LogP contribution >= 0.6 is 0 Å². The van der Waals surface area contributed by atoms with Gasteiger partial charge in [0.25, 0.3) is 0 Å². The normalized spacial score (nSPS) is 21.4. The Balaban J connectivity index is 2.06. The highest BCUT2D eigenvalue weighted by atomic mass is 16.7. The molecule has 0 bridgehead atoms. The summed E-state index contributed by atoms with van der Waals surface area (Å²) in [4.78, 5) is 24.5. The van der Waals surface area contributed by atoms with Gasteiger partial charge in [-0.05, 0) is 12.8 Å². The van der Waals surface area contributed by atoms with Crippen LogP contribution in [0, 0.1) is 0 Å². The van der Waals surface area contributed by atoms with Crippen molar-refractivity contribution in [3.63, 3.8) is 0 Å². The van der Waals surface area contributed by atoms with Crippen LogP contribution in [0.15, 0.2) is 0 Å². The van der Waals surface area contributed by atoms with Gasteiger partial charge >= 0.3 is 11.9 Å². The molecule has 0 amide bonds. The Morgan fingerprint density at radius 3 is 1.24 bits per heavy atom. The van der Waals surface area contributed by atoms with E-state index in [4.69, 9.17) is 14.2 Å². The van der Waals surface area contributed by atoms with E-state index in [9.17, 15) is 24.9 Å². The Hall–Kier alpha value is -1.22. The first-order chi connectivity index (χ1) is 22.4. The Bertz CT molecular complexity index is 715. The SMILES string of the molecule is CCCCCCCCCCCCCCCC(=O)OC[C@H]1O[C@H](O)[C@H](OC(=O)CCCCCCCCCCCCCCC)[C@@H](O)[C@@H]1O. The molecule has 272 valence electrons. The lowest BCUT2D eigenvalue weighted by atomic mass is 9.99. The summed E-state index contributed by atoms with van der Waals surface area (Å²) in [6.45, 7) is 4.20. The zero-order chi connectivity index (χ0) is 33.7. The summed E-state index contributed by atoms with van der Waals surface area (Å²) in [6, 6.07) is 0. The van der Waals surface area contributed by atoms with Gasteiger partial charge in [0.05, 0.1) is 0 Å². The fourth-order valence-electron chi connectivity index (χ4n) is 6.22. The smallest absolute Gasteiger partial charge is 0.306 e. The van der Waals surface area contributed by atoms with Gasteiger partial charge in [-0.3, -0.25) is 9.59 Å². The predicted octanol–water partition coefficient (Wildman–Crippen LogP) is 8.84. The van der Waals surface area contributed by atoms with Crippen LogP contribution in [0.4, 0.5) is 0 Å². The molecule has 0 radical (unpaired) electrons. The van der Waals surface area contributed by atoms with Crippen molar-refractivity contribution in [1.29, 1.82) is 0 Å². The largest absolute Gasteiger partial charge is 0.463 e. The van der Waals surface area contributed by atoms with Crippen molar-refractivity contribution in [3.05, 3.63) is 0 Å². The van der Waals surface area contributed by atoms with E-state index >= 15 is 0 Å². The summed E-state index contributed by atoms with van der Waals surface area (Å²) in [6.07, 6.45) is 25.0. The lowest BCUT2D eigenvalue weighted by Gasteiger charge is -2.39. The molecular weight excluding hydrogens is 584 g/mol. The molecule has 0 spiro atoms. The van der Waals surface area contributed by atoms with E-state index in [2.05, 4.69) is 13.8 Å². The fraction of sp³-hybridized carbons (Fsp3) is 0.947. The average Bonchev–Trinajstić information content (AvgIpc) is 3.04. The third kappa shape index (κ3) is 22.4. The Morgan fingerprint density at radius 1 is 0.500 bits per heavy atom. The fourth-order valence-corrected chi connectivity index (χ4v) is 6.22. The van der Waals surface area contributed by atoms with Crippen molar-refractivity contribution in [2.45, 2.75) is 224 Å². The molecule has 1 heterocycles. The second kappa shape index (κ2) is 29.9. The minimum Gasteiger partial charge on any atom is -0.463 e. The summed E-state index contributed by atoms with van der Waals surface area (Å²) in [7, 11) is 0. The number of hydrogen-bond donors (Lipinski definition) is 3. The van der Waals surface area contributed by atoms with Gasteiger partial charge in [-0.2, -0.15) is 0 Å². The second-order valence-corrected chi connectivity index (χ2v) is 13.7. The molecule has 5 atom stereocenters. The molecule has 8 nitrogen and oxygen atoms in total. The molecule has 0 aromatic heterocycles. The molecule has 0 aliphatic carbocycles. The Morgan fingerprint density at radius 2 is 0.848 bits per heavy atom. The Kier molecular flexibility index (Phi) is 27.8. The van der Waals surface area contributed by atoms with Crippen molar-refractivity contribution in [2.24, 2.45) is 0 Å². The molecular formula is C38H72O8. The van der Waals surface area contributed by atoms with Crippen LogP contribution in [0.2, 0.25) is 0 Å². The monoisotopic (exact) mass is 657 g/mol. The van der Waals surface area contributed by atoms with Gasteiger partial charge in [0.1, 0.15) is 24.9 Å². The van der Waals surface area contributed by atoms with Gasteiger partial charge in [-0.1, -0.05) is 168 Å². The second-order valence-electron chi connectivity index (χ2n) is 13.7. The maximum absolute atomic E-state index is 12.3. The number of ether oxygens (including phenoxy) is 3. The number of esters is 2. The molecule has 0 aromatic carbocycles. The molecule has 3 N–H and O–H groups in total. The number of carbonyl (C=O) groups excluding carboxylic acids is 2. The van der Waals surface area contributed by atoms with Gasteiger partial charge in [0.2, 0.25) is 0 Å². The van der Waals surface area contributed by atoms with E-state index < -0.39 is 42.6 Å². The van der Waals surface area contributed by atoms with E-state index in [0.717, 1.165) is 38.5 Å². The summed E-state index contributed by atoms with van der Waals surface area (Å²) in [5, 5.41) is 31.3. The van der Waals surface area contributed by atoms with E-state index in [1.807, 2.05) is 0 Å². The molecule has 1 fully saturated rings. The first-order valence-corrected chi connectivity index (χ1v) is 19.4. The number of hydrogen-bond acceptors (Lipinski definition) is 8. The maximum atomic E-state index is 12.3. The zero-order valence-electron chi connectivity index (χ0n) is 29.8. The zero-order valence-corrected chi connectivity index (χ0v) is 29.8. The van der Waals surface area contributed by atoms with Crippen LogP contribution < -0.4 is 0 Å². The van der Waals surface area contributed by atoms with Gasteiger partial charge in [0.15, 0.2) is 12.4 Å². The van der Waals surface area contributed by atoms with E-state index in [1.54, 1.807) is 0 Å². The standard InChI is InChI=1S/C38H72O8/c1-3-5-7-9-11-13-15-17-19-21-23-25-27-29-33(39)44-31-32-35(41)36(42)37(38(43)45-32)46-34(40)30-28-26-24-22-20-18-16-14-12-10-8-6-4-2/h32,35-38,41-43H,3-31H2,1-2H3/t32-,35-,36+,37-,38+/m1/s1. The summed E-state index contributed by atoms with van der Waals surface area (Å²) in [5.74, 6) is -0.932. The van der Waals surface area contributed by atoms with Crippen LogP contribution in [-0.2, 0) is 23.8 Å². The van der Waals surface area contributed by atoms with Gasteiger partial charge in [0, 0.05) is 12.8 Å². The average molecular weight is 657 g/mol.